The highest BCUT2D eigenvalue weighted by molar-refractivity contribution is 5.04. The number of nitrogens with zero attached hydrogens (tertiary/aromatic N) is 1. The number of aliphatic hydroxyl groups is 1. The highest BCUT2D eigenvalue weighted by Gasteiger charge is 2.51. The second-order valence-corrected chi connectivity index (χ2v) is 5.19. The number of hydrogen-bond acceptors (Lipinski definition) is 2. The van der Waals surface area contributed by atoms with Crippen LogP contribution in [0.3, 0.4) is 0 Å². The SMILES string of the molecule is CN1CCCC2(C1)CC(C)(O)C2. The number of piperidine rings is 1. The zero-order valence-corrected chi connectivity index (χ0v) is 8.14. The molecule has 1 saturated carbocycles. The molecule has 0 aromatic carbocycles. The summed E-state index contributed by atoms with van der Waals surface area (Å²) >= 11 is 0. The van der Waals surface area contributed by atoms with Crippen LogP contribution in [0.15, 0.2) is 0 Å². The molecule has 12 heavy (non-hydrogen) atoms. The Morgan fingerprint density at radius 1 is 1.33 bits per heavy atom. The lowest BCUT2D eigenvalue weighted by molar-refractivity contribution is -0.138. The average Bonchev–Trinajstić information content (AvgIpc) is 1.81. The summed E-state index contributed by atoms with van der Waals surface area (Å²) in [5, 5.41) is 9.70. The lowest BCUT2D eigenvalue weighted by atomic mass is 9.57. The Hall–Kier alpha value is -0.0800. The van der Waals surface area contributed by atoms with Crippen molar-refractivity contribution in [2.45, 2.75) is 38.2 Å². The molecule has 0 bridgehead atoms. The first kappa shape index (κ1) is 8.52. The van der Waals surface area contributed by atoms with Gasteiger partial charge in [0.15, 0.2) is 0 Å². The zero-order valence-electron chi connectivity index (χ0n) is 8.14. The van der Waals surface area contributed by atoms with Gasteiger partial charge in [-0.25, -0.2) is 0 Å². The minimum atomic E-state index is -0.349. The predicted molar refractivity (Wildman–Crippen MR) is 49.0 cm³/mol. The van der Waals surface area contributed by atoms with E-state index in [-0.39, 0.29) is 5.60 Å². The first-order valence-electron chi connectivity index (χ1n) is 4.92. The molecule has 1 saturated heterocycles. The third-order valence-electron chi connectivity index (χ3n) is 3.36. The van der Waals surface area contributed by atoms with Crippen molar-refractivity contribution in [3.8, 4) is 0 Å². The number of likely N-dealkylation sites (tertiary alicyclic amines) is 1. The van der Waals surface area contributed by atoms with Crippen molar-refractivity contribution in [1.82, 2.24) is 4.90 Å². The van der Waals surface area contributed by atoms with E-state index in [4.69, 9.17) is 0 Å². The third-order valence-corrected chi connectivity index (χ3v) is 3.36. The molecule has 0 aromatic heterocycles. The Labute approximate surface area is 74.6 Å². The Bertz CT molecular complexity index is 175. The molecule has 1 heterocycles. The number of hydrogen-bond donors (Lipinski definition) is 1. The van der Waals surface area contributed by atoms with E-state index in [1.54, 1.807) is 0 Å². The summed E-state index contributed by atoms with van der Waals surface area (Å²) in [6, 6.07) is 0. The maximum absolute atomic E-state index is 9.70. The molecule has 0 radical (unpaired) electrons. The van der Waals surface area contributed by atoms with Gasteiger partial charge in [0.05, 0.1) is 5.60 Å². The van der Waals surface area contributed by atoms with E-state index in [1.165, 1.54) is 25.9 Å². The van der Waals surface area contributed by atoms with Crippen LogP contribution in [-0.2, 0) is 0 Å². The van der Waals surface area contributed by atoms with E-state index in [9.17, 15) is 5.11 Å². The van der Waals surface area contributed by atoms with Crippen LogP contribution < -0.4 is 0 Å². The van der Waals surface area contributed by atoms with Gasteiger partial charge in [0.25, 0.3) is 0 Å². The van der Waals surface area contributed by atoms with E-state index < -0.39 is 0 Å². The molecular formula is C10H19NO. The molecule has 2 nitrogen and oxygen atoms in total. The summed E-state index contributed by atoms with van der Waals surface area (Å²) in [6.07, 6.45) is 4.68. The minimum Gasteiger partial charge on any atom is -0.390 e. The van der Waals surface area contributed by atoms with Crippen molar-refractivity contribution in [3.63, 3.8) is 0 Å². The fraction of sp³-hybridized carbons (Fsp3) is 1.00. The van der Waals surface area contributed by atoms with Crippen molar-refractivity contribution >= 4 is 0 Å². The van der Waals surface area contributed by atoms with Gasteiger partial charge in [-0.1, -0.05) is 0 Å². The fourth-order valence-electron chi connectivity index (χ4n) is 3.31. The molecule has 1 aliphatic heterocycles. The topological polar surface area (TPSA) is 23.5 Å². The summed E-state index contributed by atoms with van der Waals surface area (Å²) in [5.74, 6) is 0. The first-order valence-corrected chi connectivity index (χ1v) is 4.92. The van der Waals surface area contributed by atoms with E-state index in [2.05, 4.69) is 11.9 Å². The molecule has 1 N–H and O–H groups in total. The number of rotatable bonds is 0. The Balaban J connectivity index is 1.96. The van der Waals surface area contributed by atoms with Crippen molar-refractivity contribution in [2.24, 2.45) is 5.41 Å². The van der Waals surface area contributed by atoms with E-state index in [0.29, 0.717) is 5.41 Å². The fourth-order valence-corrected chi connectivity index (χ4v) is 3.31. The molecular weight excluding hydrogens is 150 g/mol. The molecule has 2 fully saturated rings. The average molecular weight is 169 g/mol. The molecule has 0 unspecified atom stereocenters. The van der Waals surface area contributed by atoms with Crippen LogP contribution in [0.5, 0.6) is 0 Å². The lowest BCUT2D eigenvalue weighted by Gasteiger charge is -2.55. The molecule has 0 aromatic rings. The van der Waals surface area contributed by atoms with Crippen LogP contribution in [0.4, 0.5) is 0 Å². The standard InChI is InChI=1S/C10H19NO/c1-9(12)6-10(7-9)4-3-5-11(2)8-10/h12H,3-8H2,1-2H3. The van der Waals surface area contributed by atoms with Crippen molar-refractivity contribution < 1.29 is 5.11 Å². The molecule has 2 heteroatoms. The second-order valence-electron chi connectivity index (χ2n) is 5.19. The molecule has 1 spiro atoms. The van der Waals surface area contributed by atoms with Crippen molar-refractivity contribution in [2.75, 3.05) is 20.1 Å². The molecule has 2 aliphatic rings. The summed E-state index contributed by atoms with van der Waals surface area (Å²) < 4.78 is 0. The van der Waals surface area contributed by atoms with Gasteiger partial charge in [-0.15, -0.1) is 0 Å². The van der Waals surface area contributed by atoms with Crippen LogP contribution in [0.25, 0.3) is 0 Å². The third kappa shape index (κ3) is 1.38. The van der Waals surface area contributed by atoms with Gasteiger partial charge in [-0.3, -0.25) is 0 Å². The Kier molecular flexibility index (Phi) is 1.74. The summed E-state index contributed by atoms with van der Waals surface area (Å²) in [4.78, 5) is 2.40. The van der Waals surface area contributed by atoms with Gasteiger partial charge >= 0.3 is 0 Å². The van der Waals surface area contributed by atoms with Crippen LogP contribution in [0.2, 0.25) is 0 Å². The highest BCUT2D eigenvalue weighted by atomic mass is 16.3. The van der Waals surface area contributed by atoms with Crippen LogP contribution >= 0.6 is 0 Å². The first-order chi connectivity index (χ1) is 5.52. The largest absolute Gasteiger partial charge is 0.390 e. The van der Waals surface area contributed by atoms with E-state index in [1.807, 2.05) is 6.92 Å². The monoisotopic (exact) mass is 169 g/mol. The molecule has 70 valence electrons. The summed E-state index contributed by atoms with van der Waals surface area (Å²) in [5.41, 5.74) is 0.134. The van der Waals surface area contributed by atoms with Gasteiger partial charge in [-0.2, -0.15) is 0 Å². The smallest absolute Gasteiger partial charge is 0.0631 e. The van der Waals surface area contributed by atoms with Crippen molar-refractivity contribution in [1.29, 1.82) is 0 Å². The Morgan fingerprint density at radius 2 is 2.00 bits per heavy atom. The maximum atomic E-state index is 9.70. The molecule has 1 aliphatic carbocycles. The minimum absolute atomic E-state index is 0.349. The van der Waals surface area contributed by atoms with Gasteiger partial charge in [0.1, 0.15) is 0 Å². The van der Waals surface area contributed by atoms with Crippen molar-refractivity contribution in [3.05, 3.63) is 0 Å². The van der Waals surface area contributed by atoms with Gasteiger partial charge in [0.2, 0.25) is 0 Å². The maximum Gasteiger partial charge on any atom is 0.0631 e. The second kappa shape index (κ2) is 2.46. The summed E-state index contributed by atoms with van der Waals surface area (Å²) in [7, 11) is 2.19. The summed E-state index contributed by atoms with van der Waals surface area (Å²) in [6.45, 7) is 4.40. The Morgan fingerprint density at radius 3 is 2.50 bits per heavy atom. The zero-order chi connectivity index (χ0) is 8.82. The lowest BCUT2D eigenvalue weighted by Crippen LogP contribution is -2.56. The normalized spacial score (nSPS) is 49.2. The van der Waals surface area contributed by atoms with E-state index >= 15 is 0 Å². The van der Waals surface area contributed by atoms with Gasteiger partial charge in [-0.05, 0) is 51.6 Å². The van der Waals surface area contributed by atoms with Crippen LogP contribution in [0.1, 0.15) is 32.6 Å². The molecule has 0 atom stereocenters. The predicted octanol–water partition coefficient (Wildman–Crippen LogP) is 1.24. The molecule has 0 amide bonds. The quantitative estimate of drug-likeness (QED) is 0.590. The van der Waals surface area contributed by atoms with Gasteiger partial charge in [0, 0.05) is 6.54 Å². The highest BCUT2D eigenvalue weighted by Crippen LogP contribution is 2.52. The van der Waals surface area contributed by atoms with E-state index in [0.717, 1.165) is 12.8 Å². The van der Waals surface area contributed by atoms with Crippen LogP contribution in [-0.4, -0.2) is 35.7 Å². The molecule has 2 rings (SSSR count). The van der Waals surface area contributed by atoms with Gasteiger partial charge < -0.3 is 10.0 Å². The van der Waals surface area contributed by atoms with Crippen LogP contribution in [0, 0.1) is 5.41 Å².